The summed E-state index contributed by atoms with van der Waals surface area (Å²) < 4.78 is 27.6. The molecule has 1 amide bonds. The fraction of sp³-hybridized carbons (Fsp3) is 0.375. The van der Waals surface area contributed by atoms with Gasteiger partial charge in [0, 0.05) is 37.1 Å². The maximum Gasteiger partial charge on any atom is 0.262 e. The van der Waals surface area contributed by atoms with Crippen LogP contribution >= 0.6 is 0 Å². The monoisotopic (exact) mass is 453 g/mol. The fourth-order valence-corrected chi connectivity index (χ4v) is 5.21. The zero-order chi connectivity index (χ0) is 22.6. The molecular formula is C24H27N3O4S. The summed E-state index contributed by atoms with van der Waals surface area (Å²) >= 11 is 0. The predicted octanol–water partition coefficient (Wildman–Crippen LogP) is 3.64. The van der Waals surface area contributed by atoms with Gasteiger partial charge in [0.1, 0.15) is 5.84 Å². The standard InChI is InChI=1S/C24H27N3O4S/c28-22(19-11-10-17-5-1-2-6-18(17)15-19)12-13-24(29)26-20-7-3-8-21(16-20)32(30,31)27-23-9-4-14-25-23/h3,7-8,10-11,15-16H,1-2,4-6,9,12-14H2,(H,25,27)(H,26,29). The molecular weight excluding hydrogens is 426 g/mol. The number of carbonyl (C=O) groups is 2. The van der Waals surface area contributed by atoms with Gasteiger partial charge >= 0.3 is 0 Å². The Morgan fingerprint density at radius 2 is 1.72 bits per heavy atom. The molecule has 0 saturated heterocycles. The Balaban J connectivity index is 1.34. The molecule has 0 spiro atoms. The van der Waals surface area contributed by atoms with Crippen molar-refractivity contribution >= 4 is 33.2 Å². The number of nitrogens with zero attached hydrogens (tertiary/aromatic N) is 1. The van der Waals surface area contributed by atoms with Gasteiger partial charge in [0.25, 0.3) is 10.0 Å². The normalized spacial score (nSPS) is 15.6. The predicted molar refractivity (Wildman–Crippen MR) is 124 cm³/mol. The molecule has 1 heterocycles. The minimum absolute atomic E-state index is 0.0297. The third-order valence-electron chi connectivity index (χ3n) is 5.80. The quantitative estimate of drug-likeness (QED) is 0.625. The average Bonchev–Trinajstić information content (AvgIpc) is 3.29. The van der Waals surface area contributed by atoms with Gasteiger partial charge in [-0.25, -0.2) is 8.42 Å². The van der Waals surface area contributed by atoms with Crippen molar-refractivity contribution in [3.05, 3.63) is 59.2 Å². The molecule has 0 radical (unpaired) electrons. The lowest BCUT2D eigenvalue weighted by Crippen LogP contribution is -2.29. The van der Waals surface area contributed by atoms with E-state index in [0.717, 1.165) is 25.7 Å². The number of anilines is 1. The second kappa shape index (κ2) is 9.65. The molecule has 0 saturated carbocycles. The first-order chi connectivity index (χ1) is 15.4. The van der Waals surface area contributed by atoms with E-state index in [1.165, 1.54) is 29.7 Å². The number of benzene rings is 2. The Hall–Kier alpha value is -3.00. The topological polar surface area (TPSA) is 105 Å². The van der Waals surface area contributed by atoms with Crippen LogP contribution in [0, 0.1) is 0 Å². The van der Waals surface area contributed by atoms with E-state index in [-0.39, 0.29) is 29.4 Å². The Bertz CT molecular complexity index is 1170. The number of sulfonamides is 1. The number of carbonyl (C=O) groups excluding carboxylic acids is 2. The first-order valence-corrected chi connectivity index (χ1v) is 12.5. The average molecular weight is 454 g/mol. The van der Waals surface area contributed by atoms with Crippen molar-refractivity contribution in [1.29, 1.82) is 0 Å². The summed E-state index contributed by atoms with van der Waals surface area (Å²) in [5.41, 5.74) is 3.57. The van der Waals surface area contributed by atoms with Crippen molar-refractivity contribution < 1.29 is 18.0 Å². The summed E-state index contributed by atoms with van der Waals surface area (Å²) in [5, 5.41) is 2.69. The van der Waals surface area contributed by atoms with Crippen molar-refractivity contribution in [2.75, 3.05) is 11.9 Å². The SMILES string of the molecule is O=C(CCC(=O)c1ccc2c(c1)CCCC2)Nc1cccc(S(=O)(=O)NC2=NCCC2)c1. The zero-order valence-electron chi connectivity index (χ0n) is 17.9. The highest BCUT2D eigenvalue weighted by molar-refractivity contribution is 7.90. The number of rotatable bonds is 7. The lowest BCUT2D eigenvalue weighted by atomic mass is 9.89. The number of amidine groups is 1. The van der Waals surface area contributed by atoms with Crippen molar-refractivity contribution in [3.8, 4) is 0 Å². The Labute approximate surface area is 188 Å². The summed E-state index contributed by atoms with van der Waals surface area (Å²) in [7, 11) is -3.76. The summed E-state index contributed by atoms with van der Waals surface area (Å²) in [4.78, 5) is 29.1. The lowest BCUT2D eigenvalue weighted by Gasteiger charge is -2.16. The number of Topliss-reactive ketones (excluding diaryl/α,β-unsaturated/α-hetero) is 1. The zero-order valence-corrected chi connectivity index (χ0v) is 18.7. The molecule has 7 nitrogen and oxygen atoms in total. The van der Waals surface area contributed by atoms with E-state index in [4.69, 9.17) is 0 Å². The number of hydrogen-bond donors (Lipinski definition) is 2. The lowest BCUT2D eigenvalue weighted by molar-refractivity contribution is -0.116. The fourth-order valence-electron chi connectivity index (χ4n) is 4.08. The number of hydrogen-bond acceptors (Lipinski definition) is 5. The number of nitrogens with one attached hydrogen (secondary N) is 2. The third kappa shape index (κ3) is 5.43. The molecule has 32 heavy (non-hydrogen) atoms. The van der Waals surface area contributed by atoms with Crippen LogP contribution in [0.15, 0.2) is 52.4 Å². The van der Waals surface area contributed by atoms with Gasteiger partial charge in [0.2, 0.25) is 5.91 Å². The minimum atomic E-state index is -3.76. The molecule has 0 unspecified atom stereocenters. The molecule has 0 bridgehead atoms. The second-order valence-electron chi connectivity index (χ2n) is 8.23. The van der Waals surface area contributed by atoms with Gasteiger partial charge in [0.05, 0.1) is 4.90 Å². The highest BCUT2D eigenvalue weighted by Gasteiger charge is 2.19. The van der Waals surface area contributed by atoms with Gasteiger partial charge in [0.15, 0.2) is 5.78 Å². The largest absolute Gasteiger partial charge is 0.326 e. The maximum absolute atomic E-state index is 12.6. The van der Waals surface area contributed by atoms with E-state index in [1.54, 1.807) is 12.1 Å². The van der Waals surface area contributed by atoms with Crippen molar-refractivity contribution in [2.45, 2.75) is 56.3 Å². The molecule has 4 rings (SSSR count). The summed E-state index contributed by atoms with van der Waals surface area (Å²) in [6.45, 7) is 0.623. The van der Waals surface area contributed by atoms with E-state index < -0.39 is 10.0 Å². The molecule has 0 aromatic heterocycles. The third-order valence-corrected chi connectivity index (χ3v) is 7.18. The van der Waals surface area contributed by atoms with E-state index in [0.29, 0.717) is 30.1 Å². The first kappa shape index (κ1) is 22.2. The van der Waals surface area contributed by atoms with Crippen LogP contribution < -0.4 is 10.0 Å². The number of ketones is 1. The van der Waals surface area contributed by atoms with E-state index in [1.807, 2.05) is 18.2 Å². The molecule has 2 N–H and O–H groups in total. The van der Waals surface area contributed by atoms with Crippen LogP contribution in [-0.4, -0.2) is 32.5 Å². The molecule has 0 atom stereocenters. The summed E-state index contributed by atoms with van der Waals surface area (Å²) in [6, 6.07) is 11.9. The van der Waals surface area contributed by atoms with Crippen LogP contribution in [0.2, 0.25) is 0 Å². The molecule has 2 aromatic carbocycles. The number of fused-ring (bicyclic) bond motifs is 1. The van der Waals surface area contributed by atoms with Crippen LogP contribution in [0.1, 0.15) is 60.0 Å². The Kier molecular flexibility index (Phi) is 6.69. The summed E-state index contributed by atoms with van der Waals surface area (Å²) in [6.07, 6.45) is 5.96. The Morgan fingerprint density at radius 1 is 0.906 bits per heavy atom. The molecule has 168 valence electrons. The maximum atomic E-state index is 12.6. The van der Waals surface area contributed by atoms with Crippen LogP contribution in [0.4, 0.5) is 5.69 Å². The van der Waals surface area contributed by atoms with Crippen molar-refractivity contribution in [1.82, 2.24) is 4.72 Å². The van der Waals surface area contributed by atoms with Crippen molar-refractivity contribution in [2.24, 2.45) is 4.99 Å². The van der Waals surface area contributed by atoms with Gasteiger partial charge in [-0.2, -0.15) is 0 Å². The Morgan fingerprint density at radius 3 is 2.50 bits per heavy atom. The van der Waals surface area contributed by atoms with E-state index in [9.17, 15) is 18.0 Å². The highest BCUT2D eigenvalue weighted by atomic mass is 32.2. The molecule has 1 aliphatic heterocycles. The molecule has 0 fully saturated rings. The van der Waals surface area contributed by atoms with Gasteiger partial charge in [-0.05, 0) is 67.5 Å². The van der Waals surface area contributed by atoms with Gasteiger partial charge in [-0.3, -0.25) is 19.3 Å². The van der Waals surface area contributed by atoms with Crippen LogP contribution in [0.3, 0.4) is 0 Å². The summed E-state index contributed by atoms with van der Waals surface area (Å²) in [5.74, 6) is 0.0607. The number of aliphatic imine (C=N–C) groups is 1. The van der Waals surface area contributed by atoms with Gasteiger partial charge in [-0.15, -0.1) is 0 Å². The highest BCUT2D eigenvalue weighted by Crippen LogP contribution is 2.23. The van der Waals surface area contributed by atoms with Gasteiger partial charge < -0.3 is 5.32 Å². The van der Waals surface area contributed by atoms with E-state index in [2.05, 4.69) is 15.0 Å². The first-order valence-electron chi connectivity index (χ1n) is 11.0. The number of aryl methyl sites for hydroxylation is 2. The van der Waals surface area contributed by atoms with Crippen LogP contribution in [0.5, 0.6) is 0 Å². The molecule has 8 heteroatoms. The molecule has 2 aliphatic rings. The second-order valence-corrected chi connectivity index (χ2v) is 9.91. The molecule has 1 aliphatic carbocycles. The smallest absolute Gasteiger partial charge is 0.262 e. The minimum Gasteiger partial charge on any atom is -0.326 e. The van der Waals surface area contributed by atoms with E-state index >= 15 is 0 Å². The number of amides is 1. The van der Waals surface area contributed by atoms with Crippen LogP contribution in [-0.2, 0) is 27.7 Å². The van der Waals surface area contributed by atoms with Crippen LogP contribution in [0.25, 0.3) is 0 Å². The van der Waals surface area contributed by atoms with Crippen molar-refractivity contribution in [3.63, 3.8) is 0 Å². The van der Waals surface area contributed by atoms with Gasteiger partial charge in [-0.1, -0.05) is 18.2 Å². The molecule has 2 aromatic rings.